The van der Waals surface area contributed by atoms with Crippen molar-refractivity contribution in [1.82, 2.24) is 15.0 Å². The molecule has 1 aliphatic heterocycles. The van der Waals surface area contributed by atoms with Crippen LogP contribution in [0.2, 0.25) is 0 Å². The first kappa shape index (κ1) is 17.9. The van der Waals surface area contributed by atoms with E-state index in [-0.39, 0.29) is 25.7 Å². The zero-order chi connectivity index (χ0) is 18.5. The van der Waals surface area contributed by atoms with Crippen LogP contribution in [0, 0.1) is 0 Å². The largest absolute Gasteiger partial charge is 0.485 e. The van der Waals surface area contributed by atoms with Gasteiger partial charge in [0.25, 0.3) is 5.91 Å². The molecule has 0 radical (unpaired) electrons. The molecular formula is C17H19N3O6. The highest BCUT2D eigenvalue weighted by molar-refractivity contribution is 5.96. The molecule has 1 aromatic carbocycles. The molecule has 2 aromatic rings. The summed E-state index contributed by atoms with van der Waals surface area (Å²) >= 11 is 0. The van der Waals surface area contributed by atoms with Crippen LogP contribution in [0.5, 0.6) is 5.75 Å². The topological polar surface area (TPSA) is 115 Å². The molecule has 26 heavy (non-hydrogen) atoms. The monoisotopic (exact) mass is 361 g/mol. The lowest BCUT2D eigenvalue weighted by Gasteiger charge is -2.32. The number of amides is 1. The molecule has 1 fully saturated rings. The van der Waals surface area contributed by atoms with Crippen LogP contribution in [-0.4, -0.2) is 57.8 Å². The molecule has 0 bridgehead atoms. The zero-order valence-corrected chi connectivity index (χ0v) is 14.3. The highest BCUT2D eigenvalue weighted by atomic mass is 16.5. The Balaban J connectivity index is 1.62. The van der Waals surface area contributed by atoms with Crippen molar-refractivity contribution in [2.24, 2.45) is 0 Å². The number of benzene rings is 1. The number of nitrogens with zero attached hydrogens (tertiary/aromatic N) is 3. The maximum atomic E-state index is 12.6. The summed E-state index contributed by atoms with van der Waals surface area (Å²) in [6, 6.07) is 5.51. The van der Waals surface area contributed by atoms with Crippen LogP contribution in [0.25, 0.3) is 0 Å². The van der Waals surface area contributed by atoms with Crippen LogP contribution >= 0.6 is 0 Å². The van der Waals surface area contributed by atoms with Crippen molar-refractivity contribution in [3.8, 4) is 5.75 Å². The average Bonchev–Trinajstić information content (AvgIpc) is 3.14. The van der Waals surface area contributed by atoms with E-state index in [9.17, 15) is 14.7 Å². The van der Waals surface area contributed by atoms with E-state index in [4.69, 9.17) is 14.0 Å². The number of rotatable bonds is 6. The van der Waals surface area contributed by atoms with Crippen molar-refractivity contribution in [3.05, 3.63) is 41.5 Å². The Morgan fingerprint density at radius 2 is 2.12 bits per heavy atom. The number of ether oxygens (including phenoxy) is 2. The van der Waals surface area contributed by atoms with Crippen LogP contribution in [0.15, 0.2) is 28.8 Å². The Labute approximate surface area is 149 Å². The lowest BCUT2D eigenvalue weighted by atomic mass is 10.1. The van der Waals surface area contributed by atoms with Crippen molar-refractivity contribution >= 4 is 11.9 Å². The molecule has 1 N–H and O–H groups in total. The van der Waals surface area contributed by atoms with E-state index in [1.54, 1.807) is 24.3 Å². The number of hydrogen-bond donors (Lipinski definition) is 1. The fourth-order valence-corrected chi connectivity index (χ4v) is 2.55. The fraction of sp³-hybridized carbons (Fsp3) is 0.412. The highest BCUT2D eigenvalue weighted by Crippen LogP contribution is 2.17. The van der Waals surface area contributed by atoms with Gasteiger partial charge in [-0.25, -0.2) is 4.79 Å². The van der Waals surface area contributed by atoms with Crippen LogP contribution in [0.4, 0.5) is 0 Å². The second kappa shape index (κ2) is 7.96. The normalized spacial score (nSPS) is 17.1. The Morgan fingerprint density at radius 3 is 2.77 bits per heavy atom. The van der Waals surface area contributed by atoms with Crippen molar-refractivity contribution < 1.29 is 28.7 Å². The summed E-state index contributed by atoms with van der Waals surface area (Å²) in [4.78, 5) is 29.3. The summed E-state index contributed by atoms with van der Waals surface area (Å²) in [6.07, 6.45) is 0.655. The number of aliphatic carboxylic acids is 1. The van der Waals surface area contributed by atoms with E-state index in [1.165, 1.54) is 4.90 Å². The molecule has 9 nitrogen and oxygen atoms in total. The standard InChI is InChI=1S/C17H19N3O6/c1-2-15-18-14(19-26-15)10-25-12-5-3-11(4-6-12)16(21)20-7-8-24-9-13(20)17(22)23/h3-6,13H,2,7-10H2,1H3,(H,22,23). The van der Waals surface area contributed by atoms with E-state index < -0.39 is 12.0 Å². The maximum absolute atomic E-state index is 12.6. The molecule has 138 valence electrons. The minimum absolute atomic E-state index is 0.00723. The molecule has 2 heterocycles. The second-order valence-corrected chi connectivity index (χ2v) is 5.70. The van der Waals surface area contributed by atoms with Gasteiger partial charge in [0, 0.05) is 18.5 Å². The van der Waals surface area contributed by atoms with Gasteiger partial charge in [0.05, 0.1) is 13.2 Å². The van der Waals surface area contributed by atoms with Crippen molar-refractivity contribution in [2.75, 3.05) is 19.8 Å². The van der Waals surface area contributed by atoms with Gasteiger partial charge in [-0.15, -0.1) is 0 Å². The Bertz CT molecular complexity index is 773. The summed E-state index contributed by atoms with van der Waals surface area (Å²) in [5, 5.41) is 13.0. The molecule has 0 saturated carbocycles. The summed E-state index contributed by atoms with van der Waals surface area (Å²) in [7, 11) is 0. The van der Waals surface area contributed by atoms with E-state index in [0.717, 1.165) is 0 Å². The molecule has 0 aliphatic carbocycles. The Kier molecular flexibility index (Phi) is 5.47. The maximum Gasteiger partial charge on any atom is 0.328 e. The number of aryl methyl sites for hydroxylation is 1. The first-order valence-corrected chi connectivity index (χ1v) is 8.24. The molecule has 3 rings (SSSR count). The molecule has 0 spiro atoms. The van der Waals surface area contributed by atoms with E-state index in [1.807, 2.05) is 6.92 Å². The van der Waals surface area contributed by atoms with Crippen LogP contribution in [-0.2, 0) is 22.6 Å². The van der Waals surface area contributed by atoms with Crippen LogP contribution in [0.3, 0.4) is 0 Å². The van der Waals surface area contributed by atoms with Gasteiger partial charge in [-0.05, 0) is 24.3 Å². The number of carbonyl (C=O) groups excluding carboxylic acids is 1. The molecule has 1 atom stereocenters. The van der Waals surface area contributed by atoms with Crippen LogP contribution < -0.4 is 4.74 Å². The molecule has 1 amide bonds. The molecule has 1 saturated heterocycles. The van der Waals surface area contributed by atoms with Crippen LogP contribution in [0.1, 0.15) is 29.0 Å². The molecular weight excluding hydrogens is 342 g/mol. The fourth-order valence-electron chi connectivity index (χ4n) is 2.55. The van der Waals surface area contributed by atoms with Gasteiger partial charge in [-0.1, -0.05) is 12.1 Å². The minimum atomic E-state index is -1.08. The number of aromatic nitrogens is 2. The molecule has 1 aliphatic rings. The van der Waals surface area contributed by atoms with Gasteiger partial charge < -0.3 is 24.0 Å². The second-order valence-electron chi connectivity index (χ2n) is 5.70. The van der Waals surface area contributed by atoms with Gasteiger partial charge >= 0.3 is 5.97 Å². The summed E-state index contributed by atoms with van der Waals surface area (Å²) in [6.45, 7) is 2.62. The van der Waals surface area contributed by atoms with Gasteiger partial charge in [0.1, 0.15) is 5.75 Å². The number of carboxylic acids is 1. The van der Waals surface area contributed by atoms with Crippen molar-refractivity contribution in [1.29, 1.82) is 0 Å². The molecule has 1 aromatic heterocycles. The van der Waals surface area contributed by atoms with E-state index in [0.29, 0.717) is 36.1 Å². The lowest BCUT2D eigenvalue weighted by Crippen LogP contribution is -2.52. The SMILES string of the molecule is CCc1nc(COc2ccc(C(=O)N3CCOCC3C(=O)O)cc2)no1. The summed E-state index contributed by atoms with van der Waals surface area (Å²) in [5.41, 5.74) is 0.387. The van der Waals surface area contributed by atoms with E-state index in [2.05, 4.69) is 10.1 Å². The van der Waals surface area contributed by atoms with Gasteiger partial charge in [-0.3, -0.25) is 4.79 Å². The third-order valence-corrected chi connectivity index (χ3v) is 3.96. The van der Waals surface area contributed by atoms with Gasteiger partial charge in [0.15, 0.2) is 12.6 Å². The number of carbonyl (C=O) groups is 2. The van der Waals surface area contributed by atoms with Crippen molar-refractivity contribution in [3.63, 3.8) is 0 Å². The molecule has 9 heteroatoms. The summed E-state index contributed by atoms with van der Waals surface area (Å²) in [5.74, 6) is 0.103. The summed E-state index contributed by atoms with van der Waals surface area (Å²) < 4.78 is 15.7. The predicted molar refractivity (Wildman–Crippen MR) is 87.7 cm³/mol. The third-order valence-electron chi connectivity index (χ3n) is 3.96. The first-order valence-electron chi connectivity index (χ1n) is 8.24. The quantitative estimate of drug-likeness (QED) is 0.814. The number of morpholine rings is 1. The lowest BCUT2D eigenvalue weighted by molar-refractivity contribution is -0.147. The number of hydrogen-bond acceptors (Lipinski definition) is 7. The average molecular weight is 361 g/mol. The van der Waals surface area contributed by atoms with Crippen molar-refractivity contribution in [2.45, 2.75) is 26.0 Å². The van der Waals surface area contributed by atoms with E-state index >= 15 is 0 Å². The highest BCUT2D eigenvalue weighted by Gasteiger charge is 2.33. The van der Waals surface area contributed by atoms with Gasteiger partial charge in [-0.2, -0.15) is 4.98 Å². The Hall–Kier alpha value is -2.94. The smallest absolute Gasteiger partial charge is 0.328 e. The van der Waals surface area contributed by atoms with Gasteiger partial charge in [0.2, 0.25) is 11.7 Å². The zero-order valence-electron chi connectivity index (χ0n) is 14.3. The minimum Gasteiger partial charge on any atom is -0.485 e. The predicted octanol–water partition coefficient (Wildman–Crippen LogP) is 1.14. The third kappa shape index (κ3) is 3.99. The Morgan fingerprint density at radius 1 is 1.35 bits per heavy atom. The molecule has 1 unspecified atom stereocenters. The first-order chi connectivity index (χ1) is 12.6. The number of carboxylic acid groups (broad SMARTS) is 1.